The number of anilines is 1. The molecule has 1 unspecified atom stereocenters. The molecule has 5 nitrogen and oxygen atoms in total. The van der Waals surface area contributed by atoms with Crippen molar-refractivity contribution in [3.8, 4) is 0 Å². The summed E-state index contributed by atoms with van der Waals surface area (Å²) in [4.78, 5) is 19.3. The molecule has 1 aliphatic heterocycles. The minimum absolute atomic E-state index is 0.0244. The second-order valence-electron chi connectivity index (χ2n) is 5.58. The Morgan fingerprint density at radius 1 is 1.63 bits per heavy atom. The highest BCUT2D eigenvalue weighted by Gasteiger charge is 2.59. The third-order valence-corrected chi connectivity index (χ3v) is 5.29. The summed E-state index contributed by atoms with van der Waals surface area (Å²) >= 11 is 1.56. The molecule has 0 aromatic carbocycles. The smallest absolute Gasteiger partial charge is 0.309 e. The Balaban J connectivity index is 1.52. The highest BCUT2D eigenvalue weighted by molar-refractivity contribution is 7.15. The van der Waals surface area contributed by atoms with E-state index in [1.807, 2.05) is 6.20 Å². The first-order valence-electron chi connectivity index (χ1n) is 6.63. The van der Waals surface area contributed by atoms with Gasteiger partial charge in [-0.2, -0.15) is 0 Å². The lowest BCUT2D eigenvalue weighted by Gasteiger charge is -2.32. The van der Waals surface area contributed by atoms with Crippen molar-refractivity contribution in [2.24, 2.45) is 11.3 Å². The Bertz CT molecular complexity index is 480. The molecule has 6 heteroatoms. The molecule has 1 aromatic heterocycles. The quantitative estimate of drug-likeness (QED) is 0.850. The van der Waals surface area contributed by atoms with Crippen molar-refractivity contribution in [2.75, 3.05) is 25.9 Å². The van der Waals surface area contributed by atoms with E-state index in [4.69, 9.17) is 10.5 Å². The van der Waals surface area contributed by atoms with Gasteiger partial charge < -0.3 is 10.5 Å². The van der Waals surface area contributed by atoms with Crippen molar-refractivity contribution >= 4 is 22.4 Å². The second-order valence-corrected chi connectivity index (χ2v) is 6.73. The number of nitrogen functional groups attached to an aromatic ring is 1. The zero-order valence-corrected chi connectivity index (χ0v) is 11.9. The summed E-state index contributed by atoms with van der Waals surface area (Å²) in [6.07, 6.45) is 5.07. The summed E-state index contributed by atoms with van der Waals surface area (Å²) in [5.74, 6) is 0.127. The Morgan fingerprint density at radius 3 is 2.95 bits per heavy atom. The third-order valence-electron chi connectivity index (χ3n) is 4.48. The van der Waals surface area contributed by atoms with Gasteiger partial charge in [-0.05, 0) is 37.8 Å². The van der Waals surface area contributed by atoms with Gasteiger partial charge in [0, 0.05) is 17.6 Å². The zero-order chi connectivity index (χ0) is 13.5. The van der Waals surface area contributed by atoms with Gasteiger partial charge in [-0.15, -0.1) is 11.3 Å². The molecule has 3 rings (SSSR count). The predicted octanol–water partition coefficient (Wildman–Crippen LogP) is 1.50. The first-order valence-corrected chi connectivity index (χ1v) is 7.45. The molecule has 2 aliphatic rings. The van der Waals surface area contributed by atoms with Crippen molar-refractivity contribution in [1.82, 2.24) is 9.88 Å². The van der Waals surface area contributed by atoms with Crippen LogP contribution in [-0.4, -0.2) is 36.1 Å². The van der Waals surface area contributed by atoms with Gasteiger partial charge in [0.05, 0.1) is 13.0 Å². The lowest BCUT2D eigenvalue weighted by atomic mass is 9.91. The summed E-state index contributed by atoms with van der Waals surface area (Å²) in [5.41, 5.74) is 5.89. The average molecular weight is 281 g/mol. The van der Waals surface area contributed by atoms with E-state index in [-0.39, 0.29) is 17.3 Å². The number of aromatic nitrogens is 1. The lowest BCUT2D eigenvalue weighted by Crippen LogP contribution is -2.35. The fourth-order valence-electron chi connectivity index (χ4n) is 3.15. The summed E-state index contributed by atoms with van der Waals surface area (Å²) in [6, 6.07) is 0. The maximum absolute atomic E-state index is 11.6. The Labute approximate surface area is 116 Å². The minimum atomic E-state index is -0.0244. The molecular weight excluding hydrogens is 262 g/mol. The second kappa shape index (κ2) is 4.76. The van der Waals surface area contributed by atoms with Crippen LogP contribution >= 0.6 is 11.3 Å². The van der Waals surface area contributed by atoms with Gasteiger partial charge in [0.15, 0.2) is 5.13 Å². The van der Waals surface area contributed by atoms with E-state index in [2.05, 4.69) is 9.88 Å². The molecule has 2 N–H and O–H groups in total. The molecule has 1 aliphatic carbocycles. The number of nitrogens with zero attached hydrogens (tertiary/aromatic N) is 2. The van der Waals surface area contributed by atoms with Gasteiger partial charge in [0.25, 0.3) is 0 Å². The molecule has 0 radical (unpaired) electrons. The van der Waals surface area contributed by atoms with Crippen LogP contribution in [0.4, 0.5) is 5.13 Å². The number of carbonyl (C=O) groups excluding carboxylic acids is 1. The molecule has 0 bridgehead atoms. The van der Waals surface area contributed by atoms with Crippen LogP contribution in [0.15, 0.2) is 6.20 Å². The van der Waals surface area contributed by atoms with E-state index < -0.39 is 0 Å². The van der Waals surface area contributed by atoms with E-state index in [0.717, 1.165) is 38.9 Å². The summed E-state index contributed by atoms with van der Waals surface area (Å²) < 4.78 is 4.85. The Kier molecular flexibility index (Phi) is 3.22. The molecule has 1 aromatic rings. The number of piperidine rings is 1. The van der Waals surface area contributed by atoms with Gasteiger partial charge in [-0.1, -0.05) is 0 Å². The van der Waals surface area contributed by atoms with E-state index in [1.54, 1.807) is 11.3 Å². The molecule has 19 heavy (non-hydrogen) atoms. The number of rotatable bonds is 3. The highest BCUT2D eigenvalue weighted by atomic mass is 32.1. The van der Waals surface area contributed by atoms with Crippen LogP contribution in [0, 0.1) is 11.3 Å². The van der Waals surface area contributed by atoms with E-state index in [9.17, 15) is 4.79 Å². The number of ether oxygens (including phenoxy) is 1. The van der Waals surface area contributed by atoms with Gasteiger partial charge >= 0.3 is 5.97 Å². The SMILES string of the molecule is COC(=O)C1CC12CCN(Cc1cnc(N)s1)CC2. The lowest BCUT2D eigenvalue weighted by molar-refractivity contribution is -0.143. The van der Waals surface area contributed by atoms with Gasteiger partial charge in [-0.25, -0.2) is 4.98 Å². The van der Waals surface area contributed by atoms with Crippen LogP contribution < -0.4 is 5.73 Å². The van der Waals surface area contributed by atoms with E-state index in [0.29, 0.717) is 5.13 Å². The standard InChI is InChI=1S/C13H19N3O2S/c1-18-11(17)10-6-13(10)2-4-16(5-3-13)8-9-7-15-12(14)19-9/h7,10H,2-6,8H2,1H3,(H2,14,15). The molecule has 104 valence electrons. The highest BCUT2D eigenvalue weighted by Crippen LogP contribution is 2.59. The molecule has 0 amide bonds. The van der Waals surface area contributed by atoms with Crippen molar-refractivity contribution in [2.45, 2.75) is 25.8 Å². The monoisotopic (exact) mass is 281 g/mol. The van der Waals surface area contributed by atoms with Crippen LogP contribution in [-0.2, 0) is 16.1 Å². The van der Waals surface area contributed by atoms with Crippen molar-refractivity contribution in [1.29, 1.82) is 0 Å². The third kappa shape index (κ3) is 2.47. The number of methoxy groups -OCH3 is 1. The summed E-state index contributed by atoms with van der Waals surface area (Å²) in [5, 5.41) is 0.636. The topological polar surface area (TPSA) is 68.5 Å². The number of nitrogens with two attached hydrogens (primary N) is 1. The molecule has 2 heterocycles. The number of likely N-dealkylation sites (tertiary alicyclic amines) is 1. The number of carbonyl (C=O) groups is 1. The number of esters is 1. The number of hydrogen-bond donors (Lipinski definition) is 1. The van der Waals surface area contributed by atoms with Crippen molar-refractivity contribution in [3.63, 3.8) is 0 Å². The van der Waals surface area contributed by atoms with E-state index in [1.165, 1.54) is 12.0 Å². The average Bonchev–Trinajstić information content (AvgIpc) is 2.97. The summed E-state index contributed by atoms with van der Waals surface area (Å²) in [6.45, 7) is 3.02. The van der Waals surface area contributed by atoms with Gasteiger partial charge in [-0.3, -0.25) is 9.69 Å². The summed E-state index contributed by atoms with van der Waals surface area (Å²) in [7, 11) is 1.48. The normalized spacial score (nSPS) is 25.4. The molecule has 1 atom stereocenters. The number of hydrogen-bond acceptors (Lipinski definition) is 6. The van der Waals surface area contributed by atoms with Crippen molar-refractivity contribution < 1.29 is 9.53 Å². The predicted molar refractivity (Wildman–Crippen MR) is 73.6 cm³/mol. The largest absolute Gasteiger partial charge is 0.469 e. The van der Waals surface area contributed by atoms with Crippen molar-refractivity contribution in [3.05, 3.63) is 11.1 Å². The molecule has 2 fully saturated rings. The Morgan fingerprint density at radius 2 is 2.37 bits per heavy atom. The minimum Gasteiger partial charge on any atom is -0.469 e. The first-order chi connectivity index (χ1) is 9.13. The maximum atomic E-state index is 11.6. The van der Waals surface area contributed by atoms with Crippen LogP contribution in [0.2, 0.25) is 0 Å². The molecular formula is C13H19N3O2S. The zero-order valence-electron chi connectivity index (χ0n) is 11.1. The fraction of sp³-hybridized carbons (Fsp3) is 0.692. The van der Waals surface area contributed by atoms with Crippen LogP contribution in [0.25, 0.3) is 0 Å². The van der Waals surface area contributed by atoms with Crippen LogP contribution in [0.5, 0.6) is 0 Å². The number of thiazole rings is 1. The molecule has 1 spiro atoms. The van der Waals surface area contributed by atoms with Gasteiger partial charge in [0.2, 0.25) is 0 Å². The molecule has 1 saturated heterocycles. The van der Waals surface area contributed by atoms with Crippen LogP contribution in [0.1, 0.15) is 24.1 Å². The molecule has 1 saturated carbocycles. The van der Waals surface area contributed by atoms with E-state index >= 15 is 0 Å². The first kappa shape index (κ1) is 12.9. The maximum Gasteiger partial charge on any atom is 0.309 e. The van der Waals surface area contributed by atoms with Crippen LogP contribution in [0.3, 0.4) is 0 Å². The fourth-order valence-corrected chi connectivity index (χ4v) is 3.87. The Hall–Kier alpha value is -1.14. The van der Waals surface area contributed by atoms with Gasteiger partial charge in [0.1, 0.15) is 0 Å².